The molecule has 1 aromatic heterocycles. The van der Waals surface area contributed by atoms with Crippen LogP contribution in [-0.2, 0) is 4.74 Å². The molecule has 130 valence electrons. The molecule has 1 saturated heterocycles. The Hall–Kier alpha value is -2.17. The molecule has 1 aliphatic carbocycles. The van der Waals surface area contributed by atoms with Crippen molar-refractivity contribution >= 4 is 0 Å². The van der Waals surface area contributed by atoms with E-state index in [1.54, 1.807) is 6.20 Å². The summed E-state index contributed by atoms with van der Waals surface area (Å²) < 4.78 is 12.0. The van der Waals surface area contributed by atoms with Gasteiger partial charge in [0, 0.05) is 11.3 Å². The molecule has 2 heterocycles. The largest absolute Gasteiger partial charge is 0.456 e. The second-order valence-electron chi connectivity index (χ2n) is 7.19. The van der Waals surface area contributed by atoms with Gasteiger partial charge in [0.25, 0.3) is 0 Å². The summed E-state index contributed by atoms with van der Waals surface area (Å²) >= 11 is 0. The van der Waals surface area contributed by atoms with Crippen molar-refractivity contribution in [1.82, 2.24) is 4.98 Å². The SMILES string of the molecule is CC1=CC[C@@]2(CO)CO[C@H](c3ccc(Oc4ccccc4)cn3)[C@@H]1C2. The van der Waals surface area contributed by atoms with Crippen molar-refractivity contribution in [2.75, 3.05) is 13.2 Å². The fraction of sp³-hybridized carbons (Fsp3) is 0.381. The van der Waals surface area contributed by atoms with Crippen LogP contribution in [0.2, 0.25) is 0 Å². The van der Waals surface area contributed by atoms with Crippen molar-refractivity contribution in [3.63, 3.8) is 0 Å². The third-order valence-corrected chi connectivity index (χ3v) is 5.39. The summed E-state index contributed by atoms with van der Waals surface area (Å²) in [6, 6.07) is 13.6. The number of benzene rings is 1. The maximum atomic E-state index is 9.77. The van der Waals surface area contributed by atoms with Gasteiger partial charge in [0.1, 0.15) is 17.6 Å². The van der Waals surface area contributed by atoms with Crippen LogP contribution in [-0.4, -0.2) is 23.3 Å². The van der Waals surface area contributed by atoms with Gasteiger partial charge in [-0.3, -0.25) is 4.98 Å². The van der Waals surface area contributed by atoms with Gasteiger partial charge in [-0.2, -0.15) is 0 Å². The highest BCUT2D eigenvalue weighted by Crippen LogP contribution is 2.49. The van der Waals surface area contributed by atoms with E-state index in [9.17, 15) is 5.11 Å². The highest BCUT2D eigenvalue weighted by molar-refractivity contribution is 5.31. The lowest BCUT2D eigenvalue weighted by atomic mass is 9.67. The summed E-state index contributed by atoms with van der Waals surface area (Å²) in [5, 5.41) is 9.77. The number of ether oxygens (including phenoxy) is 2. The van der Waals surface area contributed by atoms with Crippen LogP contribution in [0, 0.1) is 11.3 Å². The van der Waals surface area contributed by atoms with Gasteiger partial charge in [0.05, 0.1) is 25.1 Å². The van der Waals surface area contributed by atoms with Crippen LogP contribution in [0.5, 0.6) is 11.5 Å². The lowest BCUT2D eigenvalue weighted by molar-refractivity contribution is -0.115. The molecule has 0 radical (unpaired) electrons. The number of pyridine rings is 1. The van der Waals surface area contributed by atoms with Crippen molar-refractivity contribution in [2.24, 2.45) is 11.3 Å². The molecule has 0 saturated carbocycles. The average molecular weight is 337 g/mol. The number of hydrogen-bond donors (Lipinski definition) is 1. The molecule has 4 heteroatoms. The summed E-state index contributed by atoms with van der Waals surface area (Å²) in [6.07, 6.45) is 5.81. The first-order chi connectivity index (χ1) is 12.2. The van der Waals surface area contributed by atoms with Crippen molar-refractivity contribution in [3.8, 4) is 11.5 Å². The Morgan fingerprint density at radius 2 is 2.04 bits per heavy atom. The average Bonchev–Trinajstić information content (AvgIpc) is 2.67. The van der Waals surface area contributed by atoms with Crippen molar-refractivity contribution in [1.29, 1.82) is 0 Å². The van der Waals surface area contributed by atoms with Gasteiger partial charge in [-0.15, -0.1) is 0 Å². The van der Waals surface area contributed by atoms with E-state index in [1.165, 1.54) is 5.57 Å². The Bertz CT molecular complexity index is 756. The fourth-order valence-corrected chi connectivity index (χ4v) is 3.80. The quantitative estimate of drug-likeness (QED) is 0.846. The zero-order chi connectivity index (χ0) is 17.3. The number of nitrogens with zero attached hydrogens (tertiary/aromatic N) is 1. The van der Waals surface area contributed by atoms with Crippen LogP contribution in [0.3, 0.4) is 0 Å². The maximum absolute atomic E-state index is 9.77. The molecule has 1 fully saturated rings. The third kappa shape index (κ3) is 3.20. The monoisotopic (exact) mass is 337 g/mol. The summed E-state index contributed by atoms with van der Waals surface area (Å²) in [5.41, 5.74) is 2.14. The summed E-state index contributed by atoms with van der Waals surface area (Å²) in [4.78, 5) is 4.59. The fourth-order valence-electron chi connectivity index (χ4n) is 3.80. The van der Waals surface area contributed by atoms with Gasteiger partial charge in [-0.25, -0.2) is 0 Å². The first-order valence-corrected chi connectivity index (χ1v) is 8.77. The predicted octanol–water partition coefficient (Wildman–Crippen LogP) is 4.28. The molecule has 4 rings (SSSR count). The van der Waals surface area contributed by atoms with Crippen LogP contribution in [0.1, 0.15) is 31.6 Å². The molecular weight excluding hydrogens is 314 g/mol. The second kappa shape index (κ2) is 6.62. The molecule has 1 N–H and O–H groups in total. The molecule has 1 aromatic carbocycles. The molecule has 0 amide bonds. The molecule has 25 heavy (non-hydrogen) atoms. The van der Waals surface area contributed by atoms with E-state index in [2.05, 4.69) is 18.0 Å². The van der Waals surface area contributed by atoms with E-state index in [4.69, 9.17) is 9.47 Å². The van der Waals surface area contributed by atoms with Crippen molar-refractivity contribution < 1.29 is 14.6 Å². The number of rotatable bonds is 4. The smallest absolute Gasteiger partial charge is 0.145 e. The van der Waals surface area contributed by atoms with Crippen LogP contribution >= 0.6 is 0 Å². The Kier molecular flexibility index (Phi) is 4.32. The zero-order valence-electron chi connectivity index (χ0n) is 14.4. The lowest BCUT2D eigenvalue weighted by Crippen LogP contribution is -2.43. The van der Waals surface area contributed by atoms with Crippen LogP contribution in [0.25, 0.3) is 0 Å². The van der Waals surface area contributed by atoms with Crippen LogP contribution in [0.15, 0.2) is 60.3 Å². The second-order valence-corrected chi connectivity index (χ2v) is 7.19. The number of aliphatic hydroxyl groups is 1. The van der Waals surface area contributed by atoms with Crippen LogP contribution in [0.4, 0.5) is 0 Å². The van der Waals surface area contributed by atoms with Crippen molar-refractivity contribution in [2.45, 2.75) is 25.9 Å². The van der Waals surface area contributed by atoms with E-state index in [0.29, 0.717) is 12.4 Å². The lowest BCUT2D eigenvalue weighted by Gasteiger charge is -2.46. The van der Waals surface area contributed by atoms with E-state index in [1.807, 2.05) is 42.5 Å². The summed E-state index contributed by atoms with van der Waals surface area (Å²) in [6.45, 7) is 2.91. The summed E-state index contributed by atoms with van der Waals surface area (Å²) in [7, 11) is 0. The van der Waals surface area contributed by atoms with Gasteiger partial charge in [-0.05, 0) is 44.0 Å². The Morgan fingerprint density at radius 3 is 2.76 bits per heavy atom. The predicted molar refractivity (Wildman–Crippen MR) is 95.4 cm³/mol. The number of aliphatic hydroxyl groups excluding tert-OH is 1. The first-order valence-electron chi connectivity index (χ1n) is 8.77. The Balaban J connectivity index is 1.52. The minimum atomic E-state index is -0.114. The Labute approximate surface area is 148 Å². The van der Waals surface area contributed by atoms with E-state index < -0.39 is 0 Å². The molecular formula is C21H23NO3. The van der Waals surface area contributed by atoms with Crippen molar-refractivity contribution in [3.05, 3.63) is 66.0 Å². The van der Waals surface area contributed by atoms with Gasteiger partial charge in [0.15, 0.2) is 0 Å². The first kappa shape index (κ1) is 16.3. The Morgan fingerprint density at radius 1 is 1.20 bits per heavy atom. The van der Waals surface area contributed by atoms with Gasteiger partial charge in [-0.1, -0.05) is 29.8 Å². The minimum absolute atomic E-state index is 0.0537. The van der Waals surface area contributed by atoms with Gasteiger partial charge in [0.2, 0.25) is 0 Å². The van der Waals surface area contributed by atoms with E-state index in [0.717, 1.165) is 24.3 Å². The number of para-hydroxylation sites is 1. The van der Waals surface area contributed by atoms with Gasteiger partial charge >= 0.3 is 0 Å². The van der Waals surface area contributed by atoms with Gasteiger partial charge < -0.3 is 14.6 Å². The normalized spacial score (nSPS) is 28.3. The molecule has 3 atom stereocenters. The standard InChI is InChI=1S/C21H23NO3/c1-15-9-10-21(13-23)11-18(15)20(24-14-21)19-8-7-17(12-22-19)25-16-5-3-2-4-6-16/h2-9,12,18,20,23H,10-11,13-14H2,1H3/t18-,20+,21-/m1/s1. The number of aromatic nitrogens is 1. The number of fused-ring (bicyclic) bond motifs is 2. The minimum Gasteiger partial charge on any atom is -0.456 e. The third-order valence-electron chi connectivity index (χ3n) is 5.39. The molecule has 4 nitrogen and oxygen atoms in total. The highest BCUT2D eigenvalue weighted by Gasteiger charge is 2.44. The number of allylic oxidation sites excluding steroid dienone is 1. The maximum Gasteiger partial charge on any atom is 0.145 e. The summed E-state index contributed by atoms with van der Waals surface area (Å²) in [5.74, 6) is 1.79. The molecule has 2 aromatic rings. The molecule has 0 unspecified atom stereocenters. The highest BCUT2D eigenvalue weighted by atomic mass is 16.5. The topological polar surface area (TPSA) is 51.6 Å². The zero-order valence-corrected chi connectivity index (χ0v) is 14.4. The molecule has 0 spiro atoms. The molecule has 2 aliphatic rings. The number of hydrogen-bond acceptors (Lipinski definition) is 4. The van der Waals surface area contributed by atoms with E-state index >= 15 is 0 Å². The van der Waals surface area contributed by atoms with E-state index in [-0.39, 0.29) is 24.0 Å². The molecule has 1 aliphatic heterocycles. The van der Waals surface area contributed by atoms with Crippen LogP contribution < -0.4 is 4.74 Å². The molecule has 2 bridgehead atoms.